The molecule has 16 heavy (non-hydrogen) atoms. The number of nitrogen functional groups attached to an aromatic ring is 1. The van der Waals surface area contributed by atoms with Crippen LogP contribution in [0.25, 0.3) is 0 Å². The van der Waals surface area contributed by atoms with Crippen LogP contribution in [0.2, 0.25) is 0 Å². The molecule has 0 spiro atoms. The van der Waals surface area contributed by atoms with Crippen molar-refractivity contribution in [1.82, 2.24) is 0 Å². The van der Waals surface area contributed by atoms with Crippen LogP contribution in [0.4, 0.5) is 5.69 Å². The molecule has 0 heterocycles. The molecule has 0 aliphatic rings. The van der Waals surface area contributed by atoms with E-state index in [0.29, 0.717) is 13.0 Å². The Labute approximate surface area is 98.0 Å². The molecule has 1 aromatic rings. The molecular weight excluding hydrogens is 196 g/mol. The number of benzene rings is 1. The topological polar surface area (TPSA) is 52.0 Å². The first-order chi connectivity index (χ1) is 7.45. The van der Waals surface area contributed by atoms with Crippen molar-refractivity contribution < 1.29 is 0 Å². The van der Waals surface area contributed by atoms with Gasteiger partial charge in [-0.15, -0.1) is 0 Å². The predicted molar refractivity (Wildman–Crippen MR) is 70.1 cm³/mol. The summed E-state index contributed by atoms with van der Waals surface area (Å²) in [4.78, 5) is 0. The van der Waals surface area contributed by atoms with Crippen molar-refractivity contribution in [3.05, 3.63) is 29.3 Å². The molecular formula is C14H20N2. The van der Waals surface area contributed by atoms with Gasteiger partial charge in [-0.3, -0.25) is 0 Å². The van der Waals surface area contributed by atoms with Crippen LogP contribution < -0.4 is 11.5 Å². The van der Waals surface area contributed by atoms with Gasteiger partial charge in [0.05, 0.1) is 0 Å². The fourth-order valence-corrected chi connectivity index (χ4v) is 1.36. The Kier molecular flexibility index (Phi) is 3.98. The number of hydrogen-bond donors (Lipinski definition) is 2. The third-order valence-corrected chi connectivity index (χ3v) is 2.41. The molecule has 0 atom stereocenters. The second kappa shape index (κ2) is 5.05. The van der Waals surface area contributed by atoms with Gasteiger partial charge in [0.1, 0.15) is 0 Å². The molecule has 86 valence electrons. The first-order valence-electron chi connectivity index (χ1n) is 5.54. The zero-order valence-corrected chi connectivity index (χ0v) is 10.3. The van der Waals surface area contributed by atoms with Gasteiger partial charge in [-0.05, 0) is 23.1 Å². The van der Waals surface area contributed by atoms with Gasteiger partial charge in [-0.2, -0.15) is 0 Å². The van der Waals surface area contributed by atoms with Crippen molar-refractivity contribution in [3.63, 3.8) is 0 Å². The van der Waals surface area contributed by atoms with Crippen LogP contribution in [0.3, 0.4) is 0 Å². The van der Waals surface area contributed by atoms with Crippen molar-refractivity contribution in [2.24, 2.45) is 5.73 Å². The Balaban J connectivity index is 3.06. The normalized spacial score (nSPS) is 10.8. The van der Waals surface area contributed by atoms with Crippen LogP contribution in [-0.4, -0.2) is 6.54 Å². The van der Waals surface area contributed by atoms with Crippen LogP contribution in [0.15, 0.2) is 18.2 Å². The Morgan fingerprint density at radius 2 is 1.94 bits per heavy atom. The van der Waals surface area contributed by atoms with Gasteiger partial charge in [0.2, 0.25) is 0 Å². The third-order valence-electron chi connectivity index (χ3n) is 2.41. The zero-order chi connectivity index (χ0) is 12.2. The van der Waals surface area contributed by atoms with Gasteiger partial charge in [-0.25, -0.2) is 0 Å². The molecule has 0 aliphatic heterocycles. The fourth-order valence-electron chi connectivity index (χ4n) is 1.36. The highest BCUT2D eigenvalue weighted by Crippen LogP contribution is 2.25. The van der Waals surface area contributed by atoms with Crippen LogP contribution in [0.5, 0.6) is 0 Å². The van der Waals surface area contributed by atoms with E-state index in [1.165, 1.54) is 5.56 Å². The molecule has 1 aromatic carbocycles. The molecule has 0 saturated carbocycles. The highest BCUT2D eigenvalue weighted by molar-refractivity contribution is 5.57. The summed E-state index contributed by atoms with van der Waals surface area (Å²) in [6.07, 6.45) is 0.708. The fraction of sp³-hybridized carbons (Fsp3) is 0.429. The van der Waals surface area contributed by atoms with Crippen molar-refractivity contribution in [2.45, 2.75) is 32.6 Å². The summed E-state index contributed by atoms with van der Waals surface area (Å²) < 4.78 is 0. The second-order valence-electron chi connectivity index (χ2n) is 4.89. The molecule has 1 rings (SSSR count). The molecule has 0 bridgehead atoms. The first kappa shape index (κ1) is 12.6. The van der Waals surface area contributed by atoms with E-state index >= 15 is 0 Å². The zero-order valence-electron chi connectivity index (χ0n) is 10.3. The Bertz CT molecular complexity index is 417. The molecule has 0 amide bonds. The molecule has 0 radical (unpaired) electrons. The van der Waals surface area contributed by atoms with Crippen molar-refractivity contribution in [3.8, 4) is 11.8 Å². The summed E-state index contributed by atoms with van der Waals surface area (Å²) >= 11 is 0. The smallest absolute Gasteiger partial charge is 0.0477 e. The summed E-state index contributed by atoms with van der Waals surface area (Å²) in [6, 6.07) is 6.05. The molecule has 0 aromatic heterocycles. The van der Waals surface area contributed by atoms with Crippen LogP contribution in [-0.2, 0) is 5.41 Å². The van der Waals surface area contributed by atoms with Gasteiger partial charge in [0, 0.05) is 24.2 Å². The standard InChI is InChI=1S/C14H20N2/c1-14(2,3)12-7-8-13(16)11(10-12)6-4-5-9-15/h7-8,10H,5,9,15-16H2,1-3H3. The monoisotopic (exact) mass is 216 g/mol. The Morgan fingerprint density at radius 3 is 2.50 bits per heavy atom. The summed E-state index contributed by atoms with van der Waals surface area (Å²) in [7, 11) is 0. The Morgan fingerprint density at radius 1 is 1.25 bits per heavy atom. The highest BCUT2D eigenvalue weighted by Gasteiger charge is 2.14. The van der Waals surface area contributed by atoms with Gasteiger partial charge in [0.25, 0.3) is 0 Å². The molecule has 4 N–H and O–H groups in total. The van der Waals surface area contributed by atoms with Crippen LogP contribution in [0, 0.1) is 11.8 Å². The lowest BCUT2D eigenvalue weighted by atomic mass is 9.86. The summed E-state index contributed by atoms with van der Waals surface area (Å²) in [5, 5.41) is 0. The van der Waals surface area contributed by atoms with E-state index in [9.17, 15) is 0 Å². The van der Waals surface area contributed by atoms with Gasteiger partial charge >= 0.3 is 0 Å². The van der Waals surface area contributed by atoms with Gasteiger partial charge in [-0.1, -0.05) is 38.7 Å². The molecule has 0 aliphatic carbocycles. The minimum atomic E-state index is 0.123. The van der Waals surface area contributed by atoms with Gasteiger partial charge in [0.15, 0.2) is 0 Å². The van der Waals surface area contributed by atoms with Gasteiger partial charge < -0.3 is 11.5 Å². The third kappa shape index (κ3) is 3.29. The maximum Gasteiger partial charge on any atom is 0.0477 e. The second-order valence-corrected chi connectivity index (χ2v) is 4.89. The number of anilines is 1. The highest BCUT2D eigenvalue weighted by atomic mass is 14.6. The lowest BCUT2D eigenvalue weighted by molar-refractivity contribution is 0.590. The first-order valence-corrected chi connectivity index (χ1v) is 5.54. The number of nitrogens with two attached hydrogens (primary N) is 2. The van der Waals surface area contributed by atoms with E-state index in [4.69, 9.17) is 11.5 Å². The van der Waals surface area contributed by atoms with Crippen molar-refractivity contribution >= 4 is 5.69 Å². The van der Waals surface area contributed by atoms with E-state index in [-0.39, 0.29) is 5.41 Å². The van der Waals surface area contributed by atoms with E-state index in [0.717, 1.165) is 11.3 Å². The molecule has 0 fully saturated rings. The van der Waals surface area contributed by atoms with Crippen LogP contribution in [0.1, 0.15) is 38.3 Å². The van der Waals surface area contributed by atoms with E-state index < -0.39 is 0 Å². The SMILES string of the molecule is CC(C)(C)c1ccc(N)c(C#CCCN)c1. The lowest BCUT2D eigenvalue weighted by Crippen LogP contribution is -2.11. The summed E-state index contributed by atoms with van der Waals surface area (Å²) in [6.45, 7) is 7.12. The summed E-state index contributed by atoms with van der Waals surface area (Å²) in [5.41, 5.74) is 14.3. The predicted octanol–water partition coefficient (Wildman–Crippen LogP) is 2.27. The quantitative estimate of drug-likeness (QED) is 0.559. The minimum absolute atomic E-state index is 0.123. The summed E-state index contributed by atoms with van der Waals surface area (Å²) in [5.74, 6) is 6.09. The average Bonchev–Trinajstić information content (AvgIpc) is 2.19. The molecule has 0 unspecified atom stereocenters. The number of hydrogen-bond acceptors (Lipinski definition) is 2. The molecule has 0 saturated heterocycles. The van der Waals surface area contributed by atoms with E-state index in [1.54, 1.807) is 0 Å². The maximum absolute atomic E-state index is 5.88. The maximum atomic E-state index is 5.88. The molecule has 2 nitrogen and oxygen atoms in total. The van der Waals surface area contributed by atoms with Crippen LogP contribution >= 0.6 is 0 Å². The van der Waals surface area contributed by atoms with E-state index in [1.807, 2.05) is 6.07 Å². The lowest BCUT2D eigenvalue weighted by Gasteiger charge is -2.19. The van der Waals surface area contributed by atoms with Crippen molar-refractivity contribution in [1.29, 1.82) is 0 Å². The molecule has 2 heteroatoms. The number of rotatable bonds is 1. The van der Waals surface area contributed by atoms with E-state index in [2.05, 4.69) is 44.7 Å². The Hall–Kier alpha value is -1.46. The minimum Gasteiger partial charge on any atom is -0.398 e. The largest absolute Gasteiger partial charge is 0.398 e. The van der Waals surface area contributed by atoms with Crippen molar-refractivity contribution in [2.75, 3.05) is 12.3 Å². The average molecular weight is 216 g/mol.